The lowest BCUT2D eigenvalue weighted by molar-refractivity contribution is 0.582. The Morgan fingerprint density at radius 2 is 1.86 bits per heavy atom. The SMILES string of the molecule is Cc1ccc(S(=O)(=O)Nc2ccc(F)cc2F)cc1CN. The second-order valence-electron chi connectivity index (χ2n) is 4.52. The van der Waals surface area contributed by atoms with Crippen LogP contribution in [-0.4, -0.2) is 8.42 Å². The fraction of sp³-hybridized carbons (Fsp3) is 0.143. The molecule has 0 aliphatic carbocycles. The summed E-state index contributed by atoms with van der Waals surface area (Å²) in [6.07, 6.45) is 0. The van der Waals surface area contributed by atoms with Gasteiger partial charge < -0.3 is 5.73 Å². The molecule has 21 heavy (non-hydrogen) atoms. The zero-order chi connectivity index (χ0) is 15.6. The minimum absolute atomic E-state index is 0.0303. The number of sulfonamides is 1. The van der Waals surface area contributed by atoms with E-state index in [1.807, 2.05) is 6.92 Å². The Morgan fingerprint density at radius 3 is 2.48 bits per heavy atom. The van der Waals surface area contributed by atoms with E-state index in [4.69, 9.17) is 5.73 Å². The van der Waals surface area contributed by atoms with Gasteiger partial charge in [-0.1, -0.05) is 6.07 Å². The van der Waals surface area contributed by atoms with Crippen molar-refractivity contribution in [2.75, 3.05) is 4.72 Å². The minimum atomic E-state index is -3.97. The summed E-state index contributed by atoms with van der Waals surface area (Å²) in [5, 5.41) is 0. The van der Waals surface area contributed by atoms with Crippen molar-refractivity contribution in [1.29, 1.82) is 0 Å². The van der Waals surface area contributed by atoms with E-state index in [1.165, 1.54) is 12.1 Å². The average molecular weight is 312 g/mol. The van der Waals surface area contributed by atoms with Crippen LogP contribution >= 0.6 is 0 Å². The normalized spacial score (nSPS) is 11.4. The van der Waals surface area contributed by atoms with Gasteiger partial charge in [-0.15, -0.1) is 0 Å². The number of rotatable bonds is 4. The molecule has 4 nitrogen and oxygen atoms in total. The van der Waals surface area contributed by atoms with Gasteiger partial charge in [0.25, 0.3) is 10.0 Å². The van der Waals surface area contributed by atoms with Crippen LogP contribution in [0.5, 0.6) is 0 Å². The summed E-state index contributed by atoms with van der Waals surface area (Å²) in [5.41, 5.74) is 6.77. The Bertz CT molecular complexity index is 777. The number of aryl methyl sites for hydroxylation is 1. The molecule has 0 amide bonds. The summed E-state index contributed by atoms with van der Waals surface area (Å²) in [6.45, 7) is 2.01. The summed E-state index contributed by atoms with van der Waals surface area (Å²) < 4.78 is 52.8. The van der Waals surface area contributed by atoms with Crippen molar-refractivity contribution in [2.24, 2.45) is 5.73 Å². The fourth-order valence-electron chi connectivity index (χ4n) is 1.81. The molecule has 0 bridgehead atoms. The first-order chi connectivity index (χ1) is 9.83. The lowest BCUT2D eigenvalue weighted by Gasteiger charge is -2.11. The standard InChI is InChI=1S/C14H14F2N2O2S/c1-9-2-4-12(6-10(9)8-17)21(19,20)18-14-5-3-11(15)7-13(14)16/h2-7,18H,8,17H2,1H3. The summed E-state index contributed by atoms with van der Waals surface area (Å²) in [5.74, 6) is -1.76. The number of anilines is 1. The highest BCUT2D eigenvalue weighted by molar-refractivity contribution is 7.92. The third-order valence-corrected chi connectivity index (χ3v) is 4.39. The molecule has 0 spiro atoms. The third-order valence-electron chi connectivity index (χ3n) is 3.03. The van der Waals surface area contributed by atoms with Gasteiger partial charge in [0.05, 0.1) is 10.6 Å². The van der Waals surface area contributed by atoms with Gasteiger partial charge in [-0.25, -0.2) is 17.2 Å². The molecule has 0 unspecified atom stereocenters. The van der Waals surface area contributed by atoms with Crippen molar-refractivity contribution in [1.82, 2.24) is 0 Å². The Balaban J connectivity index is 2.38. The maximum absolute atomic E-state index is 13.5. The van der Waals surface area contributed by atoms with Gasteiger partial charge in [-0.3, -0.25) is 4.72 Å². The molecular weight excluding hydrogens is 298 g/mol. The van der Waals surface area contributed by atoms with E-state index in [-0.39, 0.29) is 17.1 Å². The van der Waals surface area contributed by atoms with E-state index in [9.17, 15) is 17.2 Å². The predicted molar refractivity (Wildman–Crippen MR) is 76.2 cm³/mol. The van der Waals surface area contributed by atoms with Gasteiger partial charge in [-0.2, -0.15) is 0 Å². The van der Waals surface area contributed by atoms with Gasteiger partial charge in [-0.05, 0) is 42.3 Å². The fourth-order valence-corrected chi connectivity index (χ4v) is 2.93. The maximum Gasteiger partial charge on any atom is 0.261 e. The van der Waals surface area contributed by atoms with Crippen molar-refractivity contribution >= 4 is 15.7 Å². The van der Waals surface area contributed by atoms with Gasteiger partial charge >= 0.3 is 0 Å². The van der Waals surface area contributed by atoms with Crippen LogP contribution in [0.1, 0.15) is 11.1 Å². The van der Waals surface area contributed by atoms with Gasteiger partial charge in [0.2, 0.25) is 0 Å². The van der Waals surface area contributed by atoms with Crippen molar-refractivity contribution in [3.63, 3.8) is 0 Å². The summed E-state index contributed by atoms with van der Waals surface area (Å²) in [7, 11) is -3.97. The highest BCUT2D eigenvalue weighted by atomic mass is 32.2. The van der Waals surface area contributed by atoms with Crippen LogP contribution < -0.4 is 10.5 Å². The van der Waals surface area contributed by atoms with E-state index in [0.717, 1.165) is 17.7 Å². The molecule has 2 rings (SSSR count). The van der Waals surface area contributed by atoms with E-state index in [0.29, 0.717) is 11.6 Å². The topological polar surface area (TPSA) is 72.2 Å². The van der Waals surface area contributed by atoms with E-state index < -0.39 is 21.7 Å². The van der Waals surface area contributed by atoms with E-state index in [2.05, 4.69) is 4.72 Å². The van der Waals surface area contributed by atoms with Crippen molar-refractivity contribution in [3.8, 4) is 0 Å². The summed E-state index contributed by atoms with van der Waals surface area (Å²) >= 11 is 0. The van der Waals surface area contributed by atoms with Crippen LogP contribution in [0.4, 0.5) is 14.5 Å². The first kappa shape index (κ1) is 15.4. The number of benzene rings is 2. The average Bonchev–Trinajstić information content (AvgIpc) is 2.42. The molecule has 0 heterocycles. The zero-order valence-corrected chi connectivity index (χ0v) is 12.0. The van der Waals surface area contributed by atoms with E-state index >= 15 is 0 Å². The molecule has 0 aromatic heterocycles. The number of halogens is 2. The smallest absolute Gasteiger partial charge is 0.261 e. The molecule has 2 aromatic rings. The molecule has 0 saturated carbocycles. The van der Waals surface area contributed by atoms with Crippen LogP contribution in [0.25, 0.3) is 0 Å². The number of hydrogen-bond acceptors (Lipinski definition) is 3. The molecule has 2 aromatic carbocycles. The van der Waals surface area contributed by atoms with Crippen molar-refractivity contribution < 1.29 is 17.2 Å². The van der Waals surface area contributed by atoms with Gasteiger partial charge in [0, 0.05) is 12.6 Å². The largest absolute Gasteiger partial charge is 0.326 e. The van der Waals surface area contributed by atoms with Crippen molar-refractivity contribution in [3.05, 3.63) is 59.2 Å². The van der Waals surface area contributed by atoms with Gasteiger partial charge in [0.1, 0.15) is 11.6 Å². The van der Waals surface area contributed by atoms with Crippen LogP contribution in [0.3, 0.4) is 0 Å². The Labute approximate surface area is 121 Å². The quantitative estimate of drug-likeness (QED) is 0.911. The van der Waals surface area contributed by atoms with Crippen LogP contribution in [0.2, 0.25) is 0 Å². The van der Waals surface area contributed by atoms with Crippen LogP contribution in [-0.2, 0) is 16.6 Å². The molecule has 0 aliphatic heterocycles. The molecule has 112 valence electrons. The van der Waals surface area contributed by atoms with Crippen molar-refractivity contribution in [2.45, 2.75) is 18.4 Å². The first-order valence-electron chi connectivity index (χ1n) is 6.11. The van der Waals surface area contributed by atoms with Gasteiger partial charge in [0.15, 0.2) is 0 Å². The second kappa shape index (κ2) is 5.79. The summed E-state index contributed by atoms with van der Waals surface area (Å²) in [4.78, 5) is -0.0303. The Morgan fingerprint density at radius 1 is 1.14 bits per heavy atom. The number of nitrogens with two attached hydrogens (primary N) is 1. The lowest BCUT2D eigenvalue weighted by atomic mass is 10.1. The summed E-state index contributed by atoms with van der Waals surface area (Å²) in [6, 6.07) is 7.06. The zero-order valence-electron chi connectivity index (χ0n) is 11.2. The molecular formula is C14H14F2N2O2S. The molecule has 0 radical (unpaired) electrons. The second-order valence-corrected chi connectivity index (χ2v) is 6.20. The first-order valence-corrected chi connectivity index (χ1v) is 7.59. The number of nitrogens with one attached hydrogen (secondary N) is 1. The van der Waals surface area contributed by atoms with E-state index in [1.54, 1.807) is 6.07 Å². The molecule has 0 fully saturated rings. The predicted octanol–water partition coefficient (Wildman–Crippen LogP) is 2.53. The number of hydrogen-bond donors (Lipinski definition) is 2. The molecule has 0 aliphatic rings. The molecule has 3 N–H and O–H groups in total. The molecule has 0 saturated heterocycles. The highest BCUT2D eigenvalue weighted by Crippen LogP contribution is 2.21. The third kappa shape index (κ3) is 3.37. The minimum Gasteiger partial charge on any atom is -0.326 e. The molecule has 7 heteroatoms. The highest BCUT2D eigenvalue weighted by Gasteiger charge is 2.17. The maximum atomic E-state index is 13.5. The Hall–Kier alpha value is -1.99. The monoisotopic (exact) mass is 312 g/mol. The molecule has 0 atom stereocenters. The van der Waals surface area contributed by atoms with Crippen LogP contribution in [0.15, 0.2) is 41.3 Å². The van der Waals surface area contributed by atoms with Crippen LogP contribution in [0, 0.1) is 18.6 Å². The Kier molecular flexibility index (Phi) is 4.24. The lowest BCUT2D eigenvalue weighted by Crippen LogP contribution is -2.15.